The van der Waals surface area contributed by atoms with Gasteiger partial charge in [0.25, 0.3) is 0 Å². The first-order valence-corrected chi connectivity index (χ1v) is 5.39. The van der Waals surface area contributed by atoms with E-state index in [1.807, 2.05) is 6.92 Å². The average molecular weight is 250 g/mol. The first-order valence-electron chi connectivity index (χ1n) is 5.39. The molecule has 6 heteroatoms. The Morgan fingerprint density at radius 1 is 1.56 bits per heavy atom. The molecule has 0 aromatic carbocycles. The summed E-state index contributed by atoms with van der Waals surface area (Å²) in [6.45, 7) is 2.51. The normalized spacial score (nSPS) is 21.2. The van der Waals surface area contributed by atoms with E-state index in [1.165, 1.54) is 0 Å². The fourth-order valence-corrected chi connectivity index (χ4v) is 1.86. The van der Waals surface area contributed by atoms with Gasteiger partial charge in [-0.05, 0) is 19.3 Å². The maximum atomic E-state index is 11.8. The van der Waals surface area contributed by atoms with E-state index in [4.69, 9.17) is 5.73 Å². The van der Waals surface area contributed by atoms with Crippen molar-refractivity contribution in [3.63, 3.8) is 0 Å². The molecule has 0 saturated carbocycles. The third-order valence-electron chi connectivity index (χ3n) is 2.84. The second kappa shape index (κ2) is 6.70. The van der Waals surface area contributed by atoms with Gasteiger partial charge in [-0.15, -0.1) is 12.4 Å². The molecular formula is C10H20ClN3O2. The molecule has 1 aliphatic heterocycles. The molecule has 0 spiro atoms. The molecule has 5 nitrogen and oxygen atoms in total. The van der Waals surface area contributed by atoms with Crippen molar-refractivity contribution in [2.24, 2.45) is 5.73 Å². The zero-order valence-electron chi connectivity index (χ0n) is 9.73. The van der Waals surface area contributed by atoms with Gasteiger partial charge in [-0.1, -0.05) is 6.92 Å². The van der Waals surface area contributed by atoms with Crippen molar-refractivity contribution in [1.82, 2.24) is 10.2 Å². The fraction of sp³-hybridized carbons (Fsp3) is 0.800. The lowest BCUT2D eigenvalue weighted by Crippen LogP contribution is -2.50. The number of halogens is 1. The Balaban J connectivity index is 0.00000225. The first kappa shape index (κ1) is 15.2. The predicted molar refractivity (Wildman–Crippen MR) is 64.3 cm³/mol. The molecule has 1 unspecified atom stereocenters. The Hall–Kier alpha value is -0.810. The van der Waals surface area contributed by atoms with Crippen LogP contribution in [0.2, 0.25) is 0 Å². The molecule has 1 aliphatic rings. The average Bonchev–Trinajstić information content (AvgIpc) is 2.74. The summed E-state index contributed by atoms with van der Waals surface area (Å²) in [7, 11) is 1.59. The number of hydrogen-bond acceptors (Lipinski definition) is 3. The van der Waals surface area contributed by atoms with Gasteiger partial charge in [-0.3, -0.25) is 9.59 Å². The van der Waals surface area contributed by atoms with Gasteiger partial charge in [-0.25, -0.2) is 0 Å². The lowest BCUT2D eigenvalue weighted by molar-refractivity contribution is -0.139. The smallest absolute Gasteiger partial charge is 0.242 e. The van der Waals surface area contributed by atoms with Crippen LogP contribution in [0.4, 0.5) is 0 Å². The van der Waals surface area contributed by atoms with Crippen molar-refractivity contribution in [3.8, 4) is 0 Å². The van der Waals surface area contributed by atoms with Crippen molar-refractivity contribution >= 4 is 24.2 Å². The summed E-state index contributed by atoms with van der Waals surface area (Å²) >= 11 is 0. The van der Waals surface area contributed by atoms with E-state index < -0.39 is 6.04 Å². The maximum Gasteiger partial charge on any atom is 0.242 e. The lowest BCUT2D eigenvalue weighted by atomic mass is 10.1. The number of rotatable bonds is 3. The topological polar surface area (TPSA) is 75.4 Å². The lowest BCUT2D eigenvalue weighted by Gasteiger charge is -2.25. The van der Waals surface area contributed by atoms with Gasteiger partial charge in [0.1, 0.15) is 6.04 Å². The van der Waals surface area contributed by atoms with Crippen LogP contribution in [-0.4, -0.2) is 42.4 Å². The second-order valence-electron chi connectivity index (χ2n) is 3.82. The van der Waals surface area contributed by atoms with Crippen LogP contribution in [0.1, 0.15) is 26.2 Å². The number of nitrogens with zero attached hydrogens (tertiary/aromatic N) is 1. The van der Waals surface area contributed by atoms with E-state index >= 15 is 0 Å². The van der Waals surface area contributed by atoms with Crippen molar-refractivity contribution in [3.05, 3.63) is 0 Å². The van der Waals surface area contributed by atoms with Crippen LogP contribution in [0, 0.1) is 0 Å². The minimum absolute atomic E-state index is 0. The molecule has 94 valence electrons. The minimum atomic E-state index is -0.477. The Kier molecular flexibility index (Phi) is 6.36. The molecule has 1 heterocycles. The van der Waals surface area contributed by atoms with Crippen LogP contribution in [0.25, 0.3) is 0 Å². The number of amides is 2. The van der Waals surface area contributed by atoms with E-state index in [9.17, 15) is 9.59 Å². The molecule has 2 atom stereocenters. The van der Waals surface area contributed by atoms with Crippen molar-refractivity contribution in [2.75, 3.05) is 13.6 Å². The molecule has 2 amide bonds. The van der Waals surface area contributed by atoms with Crippen LogP contribution < -0.4 is 11.1 Å². The highest BCUT2D eigenvalue weighted by atomic mass is 35.5. The quantitative estimate of drug-likeness (QED) is 0.733. The first-order chi connectivity index (χ1) is 7.11. The maximum absolute atomic E-state index is 11.8. The highest BCUT2D eigenvalue weighted by Gasteiger charge is 2.34. The van der Waals surface area contributed by atoms with Gasteiger partial charge in [0.15, 0.2) is 0 Å². The van der Waals surface area contributed by atoms with E-state index in [1.54, 1.807) is 11.9 Å². The van der Waals surface area contributed by atoms with Crippen LogP contribution >= 0.6 is 12.4 Å². The highest BCUT2D eigenvalue weighted by Crippen LogP contribution is 2.18. The SMILES string of the molecule is CC[C@H](N)C(=O)N1CCCC1C(=O)NC.Cl. The minimum Gasteiger partial charge on any atom is -0.357 e. The van der Waals surface area contributed by atoms with Gasteiger partial charge < -0.3 is 16.0 Å². The zero-order valence-corrected chi connectivity index (χ0v) is 10.5. The summed E-state index contributed by atoms with van der Waals surface area (Å²) in [5, 5.41) is 2.58. The van der Waals surface area contributed by atoms with Crippen LogP contribution in [-0.2, 0) is 9.59 Å². The molecule has 0 aliphatic carbocycles. The fourth-order valence-electron chi connectivity index (χ4n) is 1.86. The van der Waals surface area contributed by atoms with E-state index in [-0.39, 0.29) is 30.3 Å². The Bertz CT molecular complexity index is 260. The number of likely N-dealkylation sites (N-methyl/N-ethyl adjacent to an activating group) is 1. The second-order valence-corrected chi connectivity index (χ2v) is 3.82. The number of carbonyl (C=O) groups excluding carboxylic acids is 2. The van der Waals surface area contributed by atoms with E-state index in [0.29, 0.717) is 13.0 Å². The summed E-state index contributed by atoms with van der Waals surface area (Å²) in [6.07, 6.45) is 2.22. The molecule has 1 rings (SSSR count). The number of likely N-dealkylation sites (tertiary alicyclic amines) is 1. The summed E-state index contributed by atoms with van der Waals surface area (Å²) in [4.78, 5) is 24.9. The third kappa shape index (κ3) is 3.09. The van der Waals surface area contributed by atoms with Crippen molar-refractivity contribution in [1.29, 1.82) is 0 Å². The zero-order chi connectivity index (χ0) is 11.4. The molecule has 0 aromatic heterocycles. The van der Waals surface area contributed by atoms with E-state index in [0.717, 1.165) is 12.8 Å². The number of nitrogens with one attached hydrogen (secondary N) is 1. The molecule has 1 fully saturated rings. The molecule has 3 N–H and O–H groups in total. The predicted octanol–water partition coefficient (Wildman–Crippen LogP) is -0.117. The standard InChI is InChI=1S/C10H19N3O2.ClH/c1-3-7(11)10(15)13-6-4-5-8(13)9(14)12-2;/h7-8H,3-6,11H2,1-2H3,(H,12,14);1H/t7-,8?;/m0./s1. The number of nitrogens with two attached hydrogens (primary N) is 1. The Morgan fingerprint density at radius 2 is 2.19 bits per heavy atom. The molecule has 0 bridgehead atoms. The van der Waals surface area contributed by atoms with E-state index in [2.05, 4.69) is 5.32 Å². The van der Waals surface area contributed by atoms with Crippen molar-refractivity contribution in [2.45, 2.75) is 38.3 Å². The van der Waals surface area contributed by atoms with Crippen molar-refractivity contribution < 1.29 is 9.59 Å². The van der Waals surface area contributed by atoms with Gasteiger partial charge in [-0.2, -0.15) is 0 Å². The summed E-state index contributed by atoms with van der Waals surface area (Å²) in [5.74, 6) is -0.201. The molecular weight excluding hydrogens is 230 g/mol. The monoisotopic (exact) mass is 249 g/mol. The molecule has 16 heavy (non-hydrogen) atoms. The van der Waals surface area contributed by atoms with Gasteiger partial charge in [0.2, 0.25) is 11.8 Å². The van der Waals surface area contributed by atoms with Gasteiger partial charge in [0.05, 0.1) is 6.04 Å². The van der Waals surface area contributed by atoms with Crippen LogP contribution in [0.5, 0.6) is 0 Å². The number of hydrogen-bond donors (Lipinski definition) is 2. The molecule has 0 radical (unpaired) electrons. The number of carbonyl (C=O) groups is 2. The van der Waals surface area contributed by atoms with Crippen LogP contribution in [0.3, 0.4) is 0 Å². The summed E-state index contributed by atoms with van der Waals surface area (Å²) in [5.41, 5.74) is 5.68. The summed E-state index contributed by atoms with van der Waals surface area (Å²) < 4.78 is 0. The van der Waals surface area contributed by atoms with Gasteiger partial charge >= 0.3 is 0 Å². The van der Waals surface area contributed by atoms with Gasteiger partial charge in [0, 0.05) is 13.6 Å². The third-order valence-corrected chi connectivity index (χ3v) is 2.84. The largest absolute Gasteiger partial charge is 0.357 e. The summed E-state index contributed by atoms with van der Waals surface area (Å²) in [6, 6.07) is -0.796. The molecule has 0 aromatic rings. The molecule has 1 saturated heterocycles. The highest BCUT2D eigenvalue weighted by molar-refractivity contribution is 5.90. The Morgan fingerprint density at radius 3 is 2.69 bits per heavy atom. The Labute approximate surface area is 102 Å². The van der Waals surface area contributed by atoms with Crippen LogP contribution in [0.15, 0.2) is 0 Å².